The van der Waals surface area contributed by atoms with Gasteiger partial charge in [-0.1, -0.05) is 28.1 Å². The largest absolute Gasteiger partial charge is 0.416 e. The number of alkyl halides is 4. The third kappa shape index (κ3) is 3.04. The number of halogens is 4. The highest BCUT2D eigenvalue weighted by molar-refractivity contribution is 9.09. The van der Waals surface area contributed by atoms with E-state index < -0.39 is 11.7 Å². The Morgan fingerprint density at radius 1 is 1.28 bits per heavy atom. The Labute approximate surface area is 111 Å². The van der Waals surface area contributed by atoms with Crippen molar-refractivity contribution in [3.05, 3.63) is 35.4 Å². The second-order valence-corrected chi connectivity index (χ2v) is 5.57. The highest BCUT2D eigenvalue weighted by Crippen LogP contribution is 2.29. The highest BCUT2D eigenvalue weighted by atomic mass is 79.9. The minimum absolute atomic E-state index is 0.0248. The van der Waals surface area contributed by atoms with Gasteiger partial charge in [0.25, 0.3) is 0 Å². The van der Waals surface area contributed by atoms with Crippen LogP contribution in [0.4, 0.5) is 13.2 Å². The van der Waals surface area contributed by atoms with Gasteiger partial charge in [0.15, 0.2) is 0 Å². The first-order valence-electron chi connectivity index (χ1n) is 5.44. The molecule has 1 amide bonds. The fourth-order valence-electron chi connectivity index (χ4n) is 1.90. The van der Waals surface area contributed by atoms with E-state index in [0.717, 1.165) is 12.1 Å². The maximum absolute atomic E-state index is 12.4. The second-order valence-electron chi connectivity index (χ2n) is 4.27. The molecule has 1 fully saturated rings. The first-order valence-corrected chi connectivity index (χ1v) is 6.36. The van der Waals surface area contributed by atoms with Gasteiger partial charge in [-0.25, -0.2) is 0 Å². The van der Waals surface area contributed by atoms with E-state index in [2.05, 4.69) is 15.9 Å². The van der Waals surface area contributed by atoms with Crippen LogP contribution in [0.5, 0.6) is 0 Å². The minimum Gasteiger partial charge on any atom is -0.337 e. The van der Waals surface area contributed by atoms with Gasteiger partial charge in [-0.05, 0) is 17.7 Å². The van der Waals surface area contributed by atoms with Gasteiger partial charge >= 0.3 is 6.18 Å². The minimum atomic E-state index is -4.32. The Hall–Kier alpha value is -1.04. The predicted octanol–water partition coefficient (Wildman–Crippen LogP) is 3.20. The molecule has 0 aromatic heterocycles. The molecule has 1 aliphatic heterocycles. The average Bonchev–Trinajstić information content (AvgIpc) is 2.57. The number of amides is 1. The molecule has 1 aromatic rings. The van der Waals surface area contributed by atoms with E-state index >= 15 is 0 Å². The maximum atomic E-state index is 12.4. The number of hydrogen-bond acceptors (Lipinski definition) is 1. The van der Waals surface area contributed by atoms with Crippen molar-refractivity contribution in [2.45, 2.75) is 24.0 Å². The molecule has 1 unspecified atom stereocenters. The van der Waals surface area contributed by atoms with E-state index in [4.69, 9.17) is 0 Å². The standard InChI is InChI=1S/C12H11BrF3NO/c13-10-5-11(18)17(7-10)6-8-1-3-9(4-2-8)12(14,15)16/h1-4,10H,5-7H2. The van der Waals surface area contributed by atoms with Crippen molar-refractivity contribution >= 4 is 21.8 Å². The van der Waals surface area contributed by atoms with Gasteiger partial charge in [-0.3, -0.25) is 4.79 Å². The number of hydrogen-bond donors (Lipinski definition) is 0. The summed E-state index contributed by atoms with van der Waals surface area (Å²) < 4.78 is 37.1. The fourth-order valence-corrected chi connectivity index (χ4v) is 2.52. The molecule has 6 heteroatoms. The van der Waals surface area contributed by atoms with Crippen molar-refractivity contribution in [1.29, 1.82) is 0 Å². The van der Waals surface area contributed by atoms with Crippen LogP contribution in [0.25, 0.3) is 0 Å². The first kappa shape index (κ1) is 13.4. The van der Waals surface area contributed by atoms with E-state index in [1.54, 1.807) is 4.90 Å². The molecule has 1 saturated heterocycles. The summed E-state index contributed by atoms with van der Waals surface area (Å²) in [7, 11) is 0. The van der Waals surface area contributed by atoms with Crippen molar-refractivity contribution in [2.75, 3.05) is 6.54 Å². The number of rotatable bonds is 2. The van der Waals surface area contributed by atoms with Crippen molar-refractivity contribution in [3.63, 3.8) is 0 Å². The van der Waals surface area contributed by atoms with Gasteiger partial charge in [-0.2, -0.15) is 13.2 Å². The summed E-state index contributed by atoms with van der Waals surface area (Å²) in [5.74, 6) is 0.0248. The quantitative estimate of drug-likeness (QED) is 0.766. The Balaban J connectivity index is 2.05. The first-order chi connectivity index (χ1) is 8.36. The molecule has 0 aliphatic carbocycles. The number of benzene rings is 1. The zero-order valence-electron chi connectivity index (χ0n) is 9.38. The van der Waals surface area contributed by atoms with E-state index in [-0.39, 0.29) is 10.7 Å². The average molecular weight is 322 g/mol. The lowest BCUT2D eigenvalue weighted by molar-refractivity contribution is -0.137. The normalized spacial score (nSPS) is 20.6. The Kier molecular flexibility index (Phi) is 3.66. The van der Waals surface area contributed by atoms with Gasteiger partial charge in [0, 0.05) is 24.3 Å². The molecule has 0 radical (unpaired) electrons. The van der Waals surface area contributed by atoms with Crippen LogP contribution in [0.2, 0.25) is 0 Å². The van der Waals surface area contributed by atoms with Crippen LogP contribution >= 0.6 is 15.9 Å². The Morgan fingerprint density at radius 2 is 1.89 bits per heavy atom. The van der Waals surface area contributed by atoms with Gasteiger partial charge in [0.2, 0.25) is 5.91 Å². The maximum Gasteiger partial charge on any atom is 0.416 e. The molecule has 0 N–H and O–H groups in total. The SMILES string of the molecule is O=C1CC(Br)CN1Cc1ccc(C(F)(F)F)cc1. The summed E-state index contributed by atoms with van der Waals surface area (Å²) in [5.41, 5.74) is 0.0373. The molecule has 1 aromatic carbocycles. The molecular formula is C12H11BrF3NO. The van der Waals surface area contributed by atoms with Crippen LogP contribution in [0, 0.1) is 0 Å². The second kappa shape index (κ2) is 4.91. The molecule has 0 saturated carbocycles. The number of carbonyl (C=O) groups is 1. The van der Waals surface area contributed by atoms with Crippen molar-refractivity contribution < 1.29 is 18.0 Å². The molecular weight excluding hydrogens is 311 g/mol. The van der Waals surface area contributed by atoms with Gasteiger partial charge < -0.3 is 4.90 Å². The Morgan fingerprint density at radius 3 is 2.33 bits per heavy atom. The number of nitrogens with zero attached hydrogens (tertiary/aromatic N) is 1. The summed E-state index contributed by atoms with van der Waals surface area (Å²) in [4.78, 5) is 13.3. The highest BCUT2D eigenvalue weighted by Gasteiger charge is 2.30. The van der Waals surface area contributed by atoms with Crippen LogP contribution in [0.3, 0.4) is 0 Å². The summed E-state index contributed by atoms with van der Waals surface area (Å²) in [6.07, 6.45) is -3.87. The number of carbonyl (C=O) groups excluding carboxylic acids is 1. The van der Waals surface area contributed by atoms with Crippen molar-refractivity contribution in [1.82, 2.24) is 4.90 Å². The van der Waals surface area contributed by atoms with E-state index in [1.165, 1.54) is 12.1 Å². The molecule has 98 valence electrons. The molecule has 2 rings (SSSR count). The fraction of sp³-hybridized carbons (Fsp3) is 0.417. The molecule has 18 heavy (non-hydrogen) atoms. The third-order valence-electron chi connectivity index (χ3n) is 2.82. The van der Waals surface area contributed by atoms with Crippen LogP contribution in [0.1, 0.15) is 17.5 Å². The van der Waals surface area contributed by atoms with Gasteiger partial charge in [0.1, 0.15) is 0 Å². The van der Waals surface area contributed by atoms with Crippen LogP contribution < -0.4 is 0 Å². The smallest absolute Gasteiger partial charge is 0.337 e. The van der Waals surface area contributed by atoms with Crippen LogP contribution in [-0.4, -0.2) is 22.2 Å². The molecule has 0 spiro atoms. The van der Waals surface area contributed by atoms with E-state index in [9.17, 15) is 18.0 Å². The molecule has 0 bridgehead atoms. The van der Waals surface area contributed by atoms with Gasteiger partial charge in [-0.15, -0.1) is 0 Å². The van der Waals surface area contributed by atoms with Crippen molar-refractivity contribution in [2.24, 2.45) is 0 Å². The zero-order chi connectivity index (χ0) is 13.3. The molecule has 2 nitrogen and oxygen atoms in total. The third-order valence-corrected chi connectivity index (χ3v) is 3.44. The van der Waals surface area contributed by atoms with Crippen LogP contribution in [0.15, 0.2) is 24.3 Å². The lowest BCUT2D eigenvalue weighted by atomic mass is 10.1. The monoisotopic (exact) mass is 321 g/mol. The number of likely N-dealkylation sites (tertiary alicyclic amines) is 1. The Bertz CT molecular complexity index is 444. The van der Waals surface area contributed by atoms with Crippen LogP contribution in [-0.2, 0) is 17.5 Å². The zero-order valence-corrected chi connectivity index (χ0v) is 11.0. The lowest BCUT2D eigenvalue weighted by Gasteiger charge is -2.16. The lowest BCUT2D eigenvalue weighted by Crippen LogP contribution is -2.24. The molecule has 1 aliphatic rings. The summed E-state index contributed by atoms with van der Waals surface area (Å²) in [6.45, 7) is 0.957. The summed E-state index contributed by atoms with van der Waals surface area (Å²) >= 11 is 3.36. The molecule has 1 heterocycles. The van der Waals surface area contributed by atoms with E-state index in [1.807, 2.05) is 0 Å². The van der Waals surface area contributed by atoms with Gasteiger partial charge in [0.05, 0.1) is 5.56 Å². The molecule has 1 atom stereocenters. The summed E-state index contributed by atoms with van der Waals surface area (Å²) in [5, 5.41) is 0. The predicted molar refractivity (Wildman–Crippen MR) is 64.2 cm³/mol. The topological polar surface area (TPSA) is 20.3 Å². The van der Waals surface area contributed by atoms with Crippen molar-refractivity contribution in [3.8, 4) is 0 Å². The summed E-state index contributed by atoms with van der Waals surface area (Å²) in [6, 6.07) is 4.91. The van der Waals surface area contributed by atoms with E-state index in [0.29, 0.717) is 25.1 Å².